The van der Waals surface area contributed by atoms with Crippen LogP contribution in [-0.2, 0) is 11.3 Å². The van der Waals surface area contributed by atoms with Crippen molar-refractivity contribution in [2.24, 2.45) is 5.84 Å². The highest BCUT2D eigenvalue weighted by Gasteiger charge is 2.18. The number of benzene rings is 1. The number of ether oxygens (including phenoxy) is 3. The minimum absolute atomic E-state index is 0.353. The van der Waals surface area contributed by atoms with Gasteiger partial charge in [0.1, 0.15) is 5.60 Å². The average molecular weight is 297 g/mol. The Hall–Kier alpha value is -1.99. The minimum atomic E-state index is -0.576. The number of rotatable bonds is 5. The molecule has 7 heteroatoms. The normalized spacial score (nSPS) is 11.0. The van der Waals surface area contributed by atoms with Crippen molar-refractivity contribution in [1.29, 1.82) is 0 Å². The van der Waals surface area contributed by atoms with E-state index in [2.05, 4.69) is 10.7 Å². The lowest BCUT2D eigenvalue weighted by Crippen LogP contribution is -2.28. The van der Waals surface area contributed by atoms with Crippen molar-refractivity contribution in [3.63, 3.8) is 0 Å². The lowest BCUT2D eigenvalue weighted by molar-refractivity contribution is 0.0635. The molecule has 0 aliphatic heterocycles. The summed E-state index contributed by atoms with van der Waals surface area (Å²) >= 11 is 0. The first-order valence-corrected chi connectivity index (χ1v) is 6.49. The molecular formula is C14H23N3O4. The van der Waals surface area contributed by atoms with Gasteiger partial charge in [-0.25, -0.2) is 4.79 Å². The van der Waals surface area contributed by atoms with Gasteiger partial charge in [0.25, 0.3) is 0 Å². The first kappa shape index (κ1) is 17.1. The Morgan fingerprint density at radius 1 is 1.19 bits per heavy atom. The second-order valence-corrected chi connectivity index (χ2v) is 5.37. The molecule has 0 aliphatic carbocycles. The quantitative estimate of drug-likeness (QED) is 0.568. The van der Waals surface area contributed by atoms with Crippen LogP contribution in [-0.4, -0.2) is 25.9 Å². The Morgan fingerprint density at radius 2 is 1.76 bits per heavy atom. The van der Waals surface area contributed by atoms with Gasteiger partial charge in [0.05, 0.1) is 19.9 Å². The molecule has 1 aromatic rings. The highest BCUT2D eigenvalue weighted by atomic mass is 16.6. The molecule has 21 heavy (non-hydrogen) atoms. The third kappa shape index (κ3) is 5.13. The number of nitrogens with two attached hydrogens (primary N) is 1. The van der Waals surface area contributed by atoms with Crippen molar-refractivity contribution in [3.05, 3.63) is 17.7 Å². The van der Waals surface area contributed by atoms with Gasteiger partial charge in [-0.15, -0.1) is 0 Å². The molecule has 0 fully saturated rings. The van der Waals surface area contributed by atoms with Crippen LogP contribution in [0.1, 0.15) is 26.3 Å². The maximum absolute atomic E-state index is 11.9. The van der Waals surface area contributed by atoms with Crippen LogP contribution >= 0.6 is 0 Å². The highest BCUT2D eigenvalue weighted by molar-refractivity contribution is 5.86. The van der Waals surface area contributed by atoms with Crippen molar-refractivity contribution in [3.8, 4) is 11.5 Å². The molecule has 118 valence electrons. The van der Waals surface area contributed by atoms with Crippen LogP contribution in [0, 0.1) is 0 Å². The van der Waals surface area contributed by atoms with Gasteiger partial charge in [0.2, 0.25) is 0 Å². The second-order valence-electron chi connectivity index (χ2n) is 5.37. The van der Waals surface area contributed by atoms with Gasteiger partial charge in [-0.05, 0) is 32.4 Å². The van der Waals surface area contributed by atoms with Crippen molar-refractivity contribution in [2.45, 2.75) is 32.9 Å². The van der Waals surface area contributed by atoms with Crippen molar-refractivity contribution in [2.75, 3.05) is 19.5 Å². The Bertz CT molecular complexity index is 498. The molecule has 0 aromatic heterocycles. The van der Waals surface area contributed by atoms with Gasteiger partial charge in [0, 0.05) is 12.6 Å². The number of carbonyl (C=O) groups is 1. The fraction of sp³-hybridized carbons (Fsp3) is 0.500. The summed E-state index contributed by atoms with van der Waals surface area (Å²) < 4.78 is 15.7. The molecule has 0 bridgehead atoms. The zero-order valence-corrected chi connectivity index (χ0v) is 13.1. The standard InChI is InChI=1S/C14H23N3O4/c1-14(2,3)21-13(18)17-10-7-12(20-5)11(19-4)6-9(10)8-16-15/h6-7,16H,8,15H2,1-5H3,(H,17,18). The molecule has 1 amide bonds. The molecule has 0 unspecified atom stereocenters. The molecule has 1 rings (SSSR count). The monoisotopic (exact) mass is 297 g/mol. The molecule has 0 saturated heterocycles. The van der Waals surface area contributed by atoms with E-state index in [4.69, 9.17) is 20.1 Å². The number of methoxy groups -OCH3 is 2. The number of nitrogens with one attached hydrogen (secondary N) is 2. The number of hydrazine groups is 1. The van der Waals surface area contributed by atoms with E-state index in [0.717, 1.165) is 5.56 Å². The van der Waals surface area contributed by atoms with Crippen LogP contribution in [0.4, 0.5) is 10.5 Å². The maximum Gasteiger partial charge on any atom is 0.412 e. The summed E-state index contributed by atoms with van der Waals surface area (Å²) in [5.74, 6) is 6.42. The third-order valence-corrected chi connectivity index (χ3v) is 2.54. The SMILES string of the molecule is COc1cc(CNN)c(NC(=O)OC(C)(C)C)cc1OC. The van der Waals surface area contributed by atoms with Crippen molar-refractivity contribution < 1.29 is 19.0 Å². The van der Waals surface area contributed by atoms with Gasteiger partial charge in [-0.3, -0.25) is 16.6 Å². The Morgan fingerprint density at radius 3 is 2.24 bits per heavy atom. The maximum atomic E-state index is 11.9. The van der Waals surface area contributed by atoms with Gasteiger partial charge < -0.3 is 14.2 Å². The Balaban J connectivity index is 3.05. The van der Waals surface area contributed by atoms with Crippen molar-refractivity contribution >= 4 is 11.8 Å². The predicted molar refractivity (Wildman–Crippen MR) is 80.4 cm³/mol. The van der Waals surface area contributed by atoms with Gasteiger partial charge >= 0.3 is 6.09 Å². The van der Waals surface area contributed by atoms with Crippen LogP contribution in [0.3, 0.4) is 0 Å². The van der Waals surface area contributed by atoms with Gasteiger partial charge in [-0.2, -0.15) is 0 Å². The largest absolute Gasteiger partial charge is 0.493 e. The van der Waals surface area contributed by atoms with E-state index in [0.29, 0.717) is 23.7 Å². The van der Waals surface area contributed by atoms with Crippen LogP contribution in [0.5, 0.6) is 11.5 Å². The van der Waals surface area contributed by atoms with E-state index >= 15 is 0 Å². The number of anilines is 1. The molecule has 0 radical (unpaired) electrons. The van der Waals surface area contributed by atoms with Crippen LogP contribution < -0.4 is 26.1 Å². The van der Waals surface area contributed by atoms with Crippen molar-refractivity contribution in [1.82, 2.24) is 5.43 Å². The zero-order valence-electron chi connectivity index (χ0n) is 13.1. The van der Waals surface area contributed by atoms with E-state index < -0.39 is 11.7 Å². The smallest absolute Gasteiger partial charge is 0.412 e. The Labute approximate surface area is 124 Å². The number of hydrogen-bond acceptors (Lipinski definition) is 6. The lowest BCUT2D eigenvalue weighted by Gasteiger charge is -2.21. The molecule has 7 nitrogen and oxygen atoms in total. The summed E-state index contributed by atoms with van der Waals surface area (Å²) in [6.07, 6.45) is -0.548. The lowest BCUT2D eigenvalue weighted by atomic mass is 10.1. The number of hydrogen-bond donors (Lipinski definition) is 3. The van der Waals surface area contributed by atoms with Crippen LogP contribution in [0.2, 0.25) is 0 Å². The summed E-state index contributed by atoms with van der Waals surface area (Å²) in [5, 5.41) is 2.69. The summed E-state index contributed by atoms with van der Waals surface area (Å²) in [5.41, 5.74) is 3.26. The second kappa shape index (κ2) is 7.14. The molecule has 0 saturated carbocycles. The molecule has 0 spiro atoms. The number of amides is 1. The average Bonchev–Trinajstić information content (AvgIpc) is 2.38. The van der Waals surface area contributed by atoms with E-state index in [-0.39, 0.29) is 0 Å². The molecule has 0 aliphatic rings. The molecule has 0 heterocycles. The fourth-order valence-electron chi connectivity index (χ4n) is 1.71. The molecular weight excluding hydrogens is 274 g/mol. The van der Waals surface area contributed by atoms with E-state index in [1.54, 1.807) is 40.0 Å². The summed E-state index contributed by atoms with van der Waals surface area (Å²) in [7, 11) is 3.06. The van der Waals surface area contributed by atoms with E-state index in [1.165, 1.54) is 7.11 Å². The predicted octanol–water partition coefficient (Wildman–Crippen LogP) is 2.01. The first-order chi connectivity index (χ1) is 9.80. The Kier molecular flexibility index (Phi) is 5.80. The van der Waals surface area contributed by atoms with Crippen LogP contribution in [0.25, 0.3) is 0 Å². The molecule has 1 aromatic carbocycles. The highest BCUT2D eigenvalue weighted by Crippen LogP contribution is 2.33. The number of carbonyl (C=O) groups excluding carboxylic acids is 1. The molecule has 4 N–H and O–H groups in total. The summed E-state index contributed by atoms with van der Waals surface area (Å²) in [6, 6.07) is 3.40. The zero-order chi connectivity index (χ0) is 16.0. The third-order valence-electron chi connectivity index (χ3n) is 2.54. The van der Waals surface area contributed by atoms with Crippen LogP contribution in [0.15, 0.2) is 12.1 Å². The van der Waals surface area contributed by atoms with Gasteiger partial charge in [-0.1, -0.05) is 0 Å². The first-order valence-electron chi connectivity index (χ1n) is 6.49. The fourth-order valence-corrected chi connectivity index (χ4v) is 1.71. The summed E-state index contributed by atoms with van der Waals surface area (Å²) in [4.78, 5) is 11.9. The van der Waals surface area contributed by atoms with Gasteiger partial charge in [0.15, 0.2) is 11.5 Å². The summed E-state index contributed by atoms with van der Waals surface area (Å²) in [6.45, 7) is 5.74. The van der Waals surface area contributed by atoms with E-state index in [1.807, 2.05) is 0 Å². The minimum Gasteiger partial charge on any atom is -0.493 e. The molecule has 0 atom stereocenters. The van der Waals surface area contributed by atoms with E-state index in [9.17, 15) is 4.79 Å². The topological polar surface area (TPSA) is 94.8 Å².